The molecule has 0 aliphatic carbocycles. The molecule has 3 aromatic rings. The summed E-state index contributed by atoms with van der Waals surface area (Å²) in [6.45, 7) is 2.85. The fourth-order valence-corrected chi connectivity index (χ4v) is 3.11. The van der Waals surface area contributed by atoms with Crippen molar-refractivity contribution in [2.24, 2.45) is 7.05 Å². The third-order valence-electron chi connectivity index (χ3n) is 4.43. The minimum atomic E-state index is 0.0298. The number of aromatic nitrogens is 4. The molecule has 0 saturated carbocycles. The van der Waals surface area contributed by atoms with E-state index in [0.717, 1.165) is 29.8 Å². The highest BCUT2D eigenvalue weighted by atomic mass is 16.2. The van der Waals surface area contributed by atoms with Gasteiger partial charge in [-0.1, -0.05) is 12.1 Å². The van der Waals surface area contributed by atoms with Crippen molar-refractivity contribution < 1.29 is 4.79 Å². The molecule has 1 aliphatic heterocycles. The molecule has 0 spiro atoms. The Morgan fingerprint density at radius 1 is 1.04 bits per heavy atom. The van der Waals surface area contributed by atoms with E-state index in [0.29, 0.717) is 18.8 Å². The van der Waals surface area contributed by atoms with Crippen molar-refractivity contribution in [2.75, 3.05) is 31.1 Å². The highest BCUT2D eigenvalue weighted by Gasteiger charge is 2.25. The number of piperazine rings is 1. The van der Waals surface area contributed by atoms with Crippen LogP contribution in [0.4, 0.5) is 5.82 Å². The lowest BCUT2D eigenvalue weighted by molar-refractivity contribution is 0.0735. The number of hydrogen-bond donors (Lipinski definition) is 0. The van der Waals surface area contributed by atoms with Crippen LogP contribution in [0.15, 0.2) is 42.9 Å². The van der Waals surface area contributed by atoms with Crippen molar-refractivity contribution in [1.82, 2.24) is 24.6 Å². The van der Waals surface area contributed by atoms with Gasteiger partial charge in [-0.05, 0) is 18.2 Å². The molecular weight excluding hydrogens is 304 g/mol. The van der Waals surface area contributed by atoms with E-state index in [-0.39, 0.29) is 5.91 Å². The summed E-state index contributed by atoms with van der Waals surface area (Å²) in [5, 5.41) is 5.12. The second-order valence-corrected chi connectivity index (χ2v) is 5.83. The Kier molecular flexibility index (Phi) is 3.60. The Labute approximate surface area is 139 Å². The van der Waals surface area contributed by atoms with Crippen LogP contribution in [0.25, 0.3) is 10.9 Å². The zero-order chi connectivity index (χ0) is 16.5. The number of benzene rings is 1. The minimum Gasteiger partial charge on any atom is -0.352 e. The Morgan fingerprint density at radius 3 is 2.58 bits per heavy atom. The van der Waals surface area contributed by atoms with Crippen molar-refractivity contribution in [3.8, 4) is 0 Å². The van der Waals surface area contributed by atoms with Crippen molar-refractivity contribution in [3.63, 3.8) is 0 Å². The first-order chi connectivity index (χ1) is 11.7. The number of fused-ring (bicyclic) bond motifs is 1. The third kappa shape index (κ3) is 2.47. The molecule has 1 saturated heterocycles. The van der Waals surface area contributed by atoms with Crippen molar-refractivity contribution in [1.29, 1.82) is 0 Å². The molecule has 1 amide bonds. The number of anilines is 1. The summed E-state index contributed by atoms with van der Waals surface area (Å²) in [6, 6.07) is 9.76. The van der Waals surface area contributed by atoms with Crippen LogP contribution in [0.1, 0.15) is 10.5 Å². The van der Waals surface area contributed by atoms with Crippen LogP contribution in [0.3, 0.4) is 0 Å². The van der Waals surface area contributed by atoms with Gasteiger partial charge >= 0.3 is 0 Å². The van der Waals surface area contributed by atoms with E-state index in [1.807, 2.05) is 29.2 Å². The maximum Gasteiger partial charge on any atom is 0.272 e. The molecule has 1 aliphatic rings. The second kappa shape index (κ2) is 5.92. The lowest BCUT2D eigenvalue weighted by Crippen LogP contribution is -2.49. The molecule has 1 aromatic carbocycles. The quantitative estimate of drug-likeness (QED) is 0.712. The molecular formula is C17H18N6O. The Hall–Kier alpha value is -2.96. The molecule has 2 aromatic heterocycles. The molecule has 4 rings (SSSR count). The van der Waals surface area contributed by atoms with Crippen molar-refractivity contribution in [2.45, 2.75) is 0 Å². The van der Waals surface area contributed by atoms with Gasteiger partial charge in [-0.3, -0.25) is 9.48 Å². The molecule has 1 fully saturated rings. The van der Waals surface area contributed by atoms with E-state index in [1.165, 1.54) is 0 Å². The topological polar surface area (TPSA) is 67.2 Å². The van der Waals surface area contributed by atoms with Crippen LogP contribution in [-0.4, -0.2) is 56.7 Å². The Bertz CT molecular complexity index is 876. The van der Waals surface area contributed by atoms with E-state index >= 15 is 0 Å². The van der Waals surface area contributed by atoms with Gasteiger partial charge in [0.15, 0.2) is 0 Å². The maximum atomic E-state index is 12.6. The first-order valence-electron chi connectivity index (χ1n) is 7.96. The lowest BCUT2D eigenvalue weighted by Gasteiger charge is -2.35. The Morgan fingerprint density at radius 2 is 1.83 bits per heavy atom. The molecule has 0 N–H and O–H groups in total. The molecule has 3 heterocycles. The number of amides is 1. The number of nitrogens with zero attached hydrogens (tertiary/aromatic N) is 6. The SMILES string of the molecule is Cn1nccc1C(=O)N1CCN(c2ncnc3ccccc23)CC1. The highest BCUT2D eigenvalue weighted by molar-refractivity contribution is 5.93. The molecule has 0 atom stereocenters. The predicted molar refractivity (Wildman–Crippen MR) is 90.9 cm³/mol. The average molecular weight is 322 g/mol. The normalized spacial score (nSPS) is 15.0. The first-order valence-corrected chi connectivity index (χ1v) is 7.96. The van der Waals surface area contributed by atoms with Crippen LogP contribution >= 0.6 is 0 Å². The zero-order valence-electron chi connectivity index (χ0n) is 13.5. The van der Waals surface area contributed by atoms with Crippen LogP contribution in [0, 0.1) is 0 Å². The van der Waals surface area contributed by atoms with Gasteiger partial charge < -0.3 is 9.80 Å². The summed E-state index contributed by atoms with van der Waals surface area (Å²) in [7, 11) is 1.79. The van der Waals surface area contributed by atoms with Crippen molar-refractivity contribution in [3.05, 3.63) is 48.5 Å². The summed E-state index contributed by atoms with van der Waals surface area (Å²) < 4.78 is 1.62. The molecule has 122 valence electrons. The third-order valence-corrected chi connectivity index (χ3v) is 4.43. The molecule has 0 unspecified atom stereocenters. The van der Waals surface area contributed by atoms with E-state index < -0.39 is 0 Å². The summed E-state index contributed by atoms with van der Waals surface area (Å²) in [5.41, 5.74) is 1.56. The largest absolute Gasteiger partial charge is 0.352 e. The van der Waals surface area contributed by atoms with Crippen LogP contribution in [-0.2, 0) is 7.05 Å². The highest BCUT2D eigenvalue weighted by Crippen LogP contribution is 2.23. The molecule has 0 radical (unpaired) electrons. The standard InChI is InChI=1S/C17H18N6O/c1-21-15(6-7-20-21)17(24)23-10-8-22(9-11-23)16-13-4-2-3-5-14(13)18-12-19-16/h2-7,12H,8-11H2,1H3. The van der Waals surface area contributed by atoms with E-state index in [4.69, 9.17) is 0 Å². The molecule has 7 heteroatoms. The number of carbonyl (C=O) groups is 1. The van der Waals surface area contributed by atoms with Crippen LogP contribution in [0.5, 0.6) is 0 Å². The molecule has 7 nitrogen and oxygen atoms in total. The number of aryl methyl sites for hydroxylation is 1. The summed E-state index contributed by atoms with van der Waals surface area (Å²) in [5.74, 6) is 0.968. The zero-order valence-corrected chi connectivity index (χ0v) is 13.5. The van der Waals surface area contributed by atoms with E-state index in [1.54, 1.807) is 30.3 Å². The first kappa shape index (κ1) is 14.6. The maximum absolute atomic E-state index is 12.6. The molecule has 0 bridgehead atoms. The van der Waals surface area contributed by atoms with Crippen LogP contribution < -0.4 is 4.90 Å². The number of carbonyl (C=O) groups excluding carboxylic acids is 1. The van der Waals surface area contributed by atoms with Gasteiger partial charge in [0.25, 0.3) is 5.91 Å². The smallest absolute Gasteiger partial charge is 0.272 e. The number of hydrogen-bond acceptors (Lipinski definition) is 5. The number of para-hydroxylation sites is 1. The Balaban J connectivity index is 1.52. The second-order valence-electron chi connectivity index (χ2n) is 5.83. The van der Waals surface area contributed by atoms with Crippen molar-refractivity contribution >= 4 is 22.6 Å². The van der Waals surface area contributed by atoms with Gasteiger partial charge in [0.2, 0.25) is 0 Å². The van der Waals surface area contributed by atoms with Gasteiger partial charge in [0.1, 0.15) is 17.8 Å². The predicted octanol–water partition coefficient (Wildman–Crippen LogP) is 1.33. The fraction of sp³-hybridized carbons (Fsp3) is 0.294. The number of rotatable bonds is 2. The van der Waals surface area contributed by atoms with Gasteiger partial charge in [0, 0.05) is 44.8 Å². The molecule has 24 heavy (non-hydrogen) atoms. The van der Waals surface area contributed by atoms with Gasteiger partial charge in [-0.25, -0.2) is 9.97 Å². The summed E-state index contributed by atoms with van der Waals surface area (Å²) in [4.78, 5) is 25.4. The van der Waals surface area contributed by atoms with Gasteiger partial charge in [0.05, 0.1) is 5.52 Å². The fourth-order valence-electron chi connectivity index (χ4n) is 3.11. The average Bonchev–Trinajstić information content (AvgIpc) is 3.07. The summed E-state index contributed by atoms with van der Waals surface area (Å²) in [6.07, 6.45) is 3.25. The van der Waals surface area contributed by atoms with E-state index in [2.05, 4.69) is 20.0 Å². The van der Waals surface area contributed by atoms with Gasteiger partial charge in [-0.2, -0.15) is 5.10 Å². The van der Waals surface area contributed by atoms with Gasteiger partial charge in [-0.15, -0.1) is 0 Å². The lowest BCUT2D eigenvalue weighted by atomic mass is 10.2. The van der Waals surface area contributed by atoms with E-state index in [9.17, 15) is 4.79 Å². The minimum absolute atomic E-state index is 0.0298. The van der Waals surface area contributed by atoms with Crippen LogP contribution in [0.2, 0.25) is 0 Å². The summed E-state index contributed by atoms with van der Waals surface area (Å²) >= 11 is 0. The monoisotopic (exact) mass is 322 g/mol.